The summed E-state index contributed by atoms with van der Waals surface area (Å²) in [5.41, 5.74) is 1.16. The second kappa shape index (κ2) is 4.17. The molecule has 1 aliphatic carbocycles. The van der Waals surface area contributed by atoms with E-state index in [0.717, 1.165) is 11.5 Å². The van der Waals surface area contributed by atoms with Crippen LogP contribution in [0.15, 0.2) is 0 Å². The van der Waals surface area contributed by atoms with Gasteiger partial charge in [0.15, 0.2) is 0 Å². The van der Waals surface area contributed by atoms with Crippen LogP contribution in [0.2, 0.25) is 5.54 Å². The van der Waals surface area contributed by atoms with Crippen molar-refractivity contribution in [1.82, 2.24) is 0 Å². The molecule has 60 valence electrons. The third kappa shape index (κ3) is 2.12. The topological polar surface area (TPSA) is 0 Å². The first-order chi connectivity index (χ1) is 4.84. The molecule has 0 bridgehead atoms. The van der Waals surface area contributed by atoms with E-state index in [4.69, 9.17) is 0 Å². The lowest BCUT2D eigenvalue weighted by Gasteiger charge is -2.28. The lowest BCUT2D eigenvalue weighted by atomic mass is 9.85. The highest BCUT2D eigenvalue weighted by Gasteiger charge is 2.19. The molecule has 1 heteroatoms. The van der Waals surface area contributed by atoms with Gasteiger partial charge in [-0.3, -0.25) is 0 Å². The van der Waals surface area contributed by atoms with Crippen molar-refractivity contribution in [2.75, 3.05) is 0 Å². The predicted octanol–water partition coefficient (Wildman–Crippen LogP) is 2.13. The third-order valence-electron chi connectivity index (χ3n) is 2.95. The van der Waals surface area contributed by atoms with Gasteiger partial charge < -0.3 is 0 Å². The van der Waals surface area contributed by atoms with E-state index in [1.807, 2.05) is 0 Å². The van der Waals surface area contributed by atoms with Gasteiger partial charge in [0.2, 0.25) is 0 Å². The molecule has 0 spiro atoms. The minimum atomic E-state index is 1.13. The van der Waals surface area contributed by atoms with Crippen LogP contribution in [-0.4, -0.2) is 10.2 Å². The maximum atomic E-state index is 2.32. The quantitative estimate of drug-likeness (QED) is 0.537. The van der Waals surface area contributed by atoms with E-state index in [-0.39, 0.29) is 0 Å². The summed E-state index contributed by atoms with van der Waals surface area (Å²) in [4.78, 5) is 0. The van der Waals surface area contributed by atoms with Crippen LogP contribution < -0.4 is 0 Å². The van der Waals surface area contributed by atoms with Crippen molar-refractivity contribution in [2.24, 2.45) is 5.92 Å². The lowest BCUT2D eigenvalue weighted by molar-refractivity contribution is 0.337. The van der Waals surface area contributed by atoms with Crippen LogP contribution in [0.25, 0.3) is 0 Å². The van der Waals surface area contributed by atoms with Gasteiger partial charge in [-0.2, -0.15) is 0 Å². The molecule has 10 heavy (non-hydrogen) atoms. The molecule has 2 unspecified atom stereocenters. The number of hydrogen-bond acceptors (Lipinski definition) is 0. The monoisotopic (exact) mass is 156 g/mol. The Hall–Kier alpha value is 0.217. The third-order valence-corrected chi connectivity index (χ3v) is 4.47. The normalized spacial score (nSPS) is 34.5. The highest BCUT2D eigenvalue weighted by Crippen LogP contribution is 2.34. The minimum Gasteiger partial charge on any atom is -0.0654 e. The van der Waals surface area contributed by atoms with Crippen molar-refractivity contribution in [3.05, 3.63) is 0 Å². The highest BCUT2D eigenvalue weighted by molar-refractivity contribution is 6.11. The highest BCUT2D eigenvalue weighted by atomic mass is 28.1. The van der Waals surface area contributed by atoms with Gasteiger partial charge in [-0.25, -0.2) is 0 Å². The molecule has 0 aromatic carbocycles. The largest absolute Gasteiger partial charge is 0.0654 e. The zero-order chi connectivity index (χ0) is 7.40. The van der Waals surface area contributed by atoms with E-state index in [1.165, 1.54) is 35.9 Å². The van der Waals surface area contributed by atoms with Crippen LogP contribution in [0.3, 0.4) is 0 Å². The fourth-order valence-corrected chi connectivity index (χ4v) is 3.27. The van der Waals surface area contributed by atoms with Gasteiger partial charge in [0.05, 0.1) is 0 Å². The maximum absolute atomic E-state index is 2.32. The second-order valence-electron chi connectivity index (χ2n) is 3.81. The molecule has 0 aliphatic heterocycles. The van der Waals surface area contributed by atoms with Crippen molar-refractivity contribution in [2.45, 2.75) is 51.0 Å². The molecule has 0 aromatic rings. The average molecular weight is 156 g/mol. The Morgan fingerprint density at radius 1 is 1.30 bits per heavy atom. The standard InChI is InChI=1S/C9H20Si/c1-2-5-8-6-3-4-7-9(8)10/h8-9H,2-7H2,1,10H3. The van der Waals surface area contributed by atoms with Gasteiger partial charge in [0, 0.05) is 10.2 Å². The molecule has 1 saturated carbocycles. The van der Waals surface area contributed by atoms with Crippen LogP contribution in [0.4, 0.5) is 0 Å². The van der Waals surface area contributed by atoms with Crippen molar-refractivity contribution in [1.29, 1.82) is 0 Å². The van der Waals surface area contributed by atoms with Crippen LogP contribution in [0.5, 0.6) is 0 Å². The molecular formula is C9H20Si. The summed E-state index contributed by atoms with van der Waals surface area (Å²) >= 11 is 0. The molecule has 0 N–H and O–H groups in total. The summed E-state index contributed by atoms with van der Waals surface area (Å²) in [6.07, 6.45) is 9.05. The Kier molecular flexibility index (Phi) is 3.47. The Morgan fingerprint density at radius 3 is 2.60 bits per heavy atom. The molecule has 0 radical (unpaired) electrons. The summed E-state index contributed by atoms with van der Waals surface area (Å²) in [7, 11) is 1.45. The molecule has 0 nitrogen and oxygen atoms in total. The Labute approximate surface area is 67.8 Å². The predicted molar refractivity (Wildman–Crippen MR) is 50.6 cm³/mol. The Morgan fingerprint density at radius 2 is 2.00 bits per heavy atom. The SMILES string of the molecule is CCCC1CCCCC1[SiH3]. The van der Waals surface area contributed by atoms with E-state index < -0.39 is 0 Å². The van der Waals surface area contributed by atoms with Crippen LogP contribution >= 0.6 is 0 Å². The Bertz CT molecular complexity index is 88.7. The van der Waals surface area contributed by atoms with E-state index in [9.17, 15) is 0 Å². The summed E-state index contributed by atoms with van der Waals surface area (Å²) in [5, 5.41) is 0. The molecule has 0 aromatic heterocycles. The summed E-state index contributed by atoms with van der Waals surface area (Å²) in [6.45, 7) is 2.32. The van der Waals surface area contributed by atoms with Gasteiger partial charge >= 0.3 is 0 Å². The van der Waals surface area contributed by atoms with Crippen LogP contribution in [0.1, 0.15) is 45.4 Å². The first kappa shape index (κ1) is 8.31. The number of rotatable bonds is 2. The summed E-state index contributed by atoms with van der Waals surface area (Å²) in [5.74, 6) is 1.13. The maximum Gasteiger partial charge on any atom is 0.00708 e. The zero-order valence-electron chi connectivity index (χ0n) is 7.40. The molecule has 1 aliphatic rings. The number of hydrogen-bond donors (Lipinski definition) is 0. The van der Waals surface area contributed by atoms with Gasteiger partial charge in [-0.1, -0.05) is 51.0 Å². The average Bonchev–Trinajstić information content (AvgIpc) is 1.94. The van der Waals surface area contributed by atoms with Crippen molar-refractivity contribution in [3.8, 4) is 0 Å². The fraction of sp³-hybridized carbons (Fsp3) is 1.00. The molecule has 1 fully saturated rings. The molecule has 0 heterocycles. The van der Waals surface area contributed by atoms with Crippen LogP contribution in [0, 0.1) is 5.92 Å². The van der Waals surface area contributed by atoms with Gasteiger partial charge in [0.1, 0.15) is 0 Å². The zero-order valence-corrected chi connectivity index (χ0v) is 9.40. The smallest absolute Gasteiger partial charge is 0.00708 e. The van der Waals surface area contributed by atoms with Gasteiger partial charge in [0.25, 0.3) is 0 Å². The summed E-state index contributed by atoms with van der Waals surface area (Å²) in [6, 6.07) is 0. The lowest BCUT2D eigenvalue weighted by Crippen LogP contribution is -2.14. The Balaban J connectivity index is 2.25. The van der Waals surface area contributed by atoms with Gasteiger partial charge in [-0.15, -0.1) is 0 Å². The van der Waals surface area contributed by atoms with Crippen molar-refractivity contribution in [3.63, 3.8) is 0 Å². The van der Waals surface area contributed by atoms with Crippen molar-refractivity contribution < 1.29 is 0 Å². The molecular weight excluding hydrogens is 136 g/mol. The molecule has 0 amide bonds. The van der Waals surface area contributed by atoms with E-state index in [1.54, 1.807) is 12.8 Å². The summed E-state index contributed by atoms with van der Waals surface area (Å²) < 4.78 is 0. The van der Waals surface area contributed by atoms with Crippen molar-refractivity contribution >= 4 is 10.2 Å². The van der Waals surface area contributed by atoms with E-state index >= 15 is 0 Å². The van der Waals surface area contributed by atoms with E-state index in [2.05, 4.69) is 6.92 Å². The molecule has 0 saturated heterocycles. The first-order valence-corrected chi connectivity index (χ1v) is 6.00. The fourth-order valence-electron chi connectivity index (χ4n) is 2.19. The molecule has 2 atom stereocenters. The van der Waals surface area contributed by atoms with E-state index in [0.29, 0.717) is 0 Å². The first-order valence-electron chi connectivity index (χ1n) is 4.84. The second-order valence-corrected chi connectivity index (χ2v) is 5.29. The van der Waals surface area contributed by atoms with Crippen LogP contribution in [-0.2, 0) is 0 Å². The minimum absolute atomic E-state index is 1.13. The van der Waals surface area contributed by atoms with Gasteiger partial charge in [-0.05, 0) is 5.92 Å². The molecule has 1 rings (SSSR count).